The van der Waals surface area contributed by atoms with Crippen molar-refractivity contribution in [3.8, 4) is 0 Å². The normalized spacial score (nSPS) is 34.7. The summed E-state index contributed by atoms with van der Waals surface area (Å²) >= 11 is 0. The topological polar surface area (TPSA) is 125 Å². The molecule has 106 valence electrons. The van der Waals surface area contributed by atoms with Crippen molar-refractivity contribution in [2.75, 3.05) is 6.61 Å². The van der Waals surface area contributed by atoms with Crippen LogP contribution in [0.3, 0.4) is 0 Å². The van der Waals surface area contributed by atoms with Crippen LogP contribution < -0.4 is 11.2 Å². The number of hydrogen-bond acceptors (Lipinski definition) is 6. The number of rotatable bonds is 2. The van der Waals surface area contributed by atoms with Gasteiger partial charge in [-0.25, -0.2) is 4.79 Å². The lowest BCUT2D eigenvalue weighted by Crippen LogP contribution is -2.47. The minimum Gasteiger partial charge on any atom is -0.394 e. The second kappa shape index (κ2) is 4.53. The van der Waals surface area contributed by atoms with Gasteiger partial charge in [0.2, 0.25) is 5.82 Å². The van der Waals surface area contributed by atoms with Gasteiger partial charge in [0.15, 0.2) is 6.23 Å². The molecule has 0 spiro atoms. The molecule has 0 aromatic carbocycles. The molecule has 4 atom stereocenters. The lowest BCUT2D eigenvalue weighted by molar-refractivity contribution is -0.0991. The van der Waals surface area contributed by atoms with Crippen LogP contribution in [0.2, 0.25) is 0 Å². The zero-order chi connectivity index (χ0) is 14.4. The first-order chi connectivity index (χ1) is 8.78. The maximum atomic E-state index is 13.2. The van der Waals surface area contributed by atoms with Gasteiger partial charge >= 0.3 is 5.69 Å². The minimum absolute atomic E-state index is 0.576. The highest BCUT2D eigenvalue weighted by Gasteiger charge is 2.53. The number of aromatic amines is 1. The van der Waals surface area contributed by atoms with Gasteiger partial charge in [0, 0.05) is 0 Å². The molecule has 2 rings (SSSR count). The van der Waals surface area contributed by atoms with Gasteiger partial charge in [-0.15, -0.1) is 0 Å². The van der Waals surface area contributed by atoms with E-state index in [1.807, 2.05) is 0 Å². The Labute approximate surface area is 105 Å². The van der Waals surface area contributed by atoms with Gasteiger partial charge in [0.1, 0.15) is 17.8 Å². The van der Waals surface area contributed by atoms with Gasteiger partial charge in [-0.05, 0) is 6.92 Å². The van der Waals surface area contributed by atoms with Gasteiger partial charge in [-0.1, -0.05) is 0 Å². The van der Waals surface area contributed by atoms with Crippen LogP contribution in [0.15, 0.2) is 15.8 Å². The fourth-order valence-corrected chi connectivity index (χ4v) is 2.03. The Hall–Kier alpha value is -1.55. The molecule has 0 bridgehead atoms. The molecule has 1 aromatic rings. The van der Waals surface area contributed by atoms with Crippen molar-refractivity contribution in [1.29, 1.82) is 0 Å². The summed E-state index contributed by atoms with van der Waals surface area (Å²) in [6.07, 6.45) is -3.45. The number of H-pyrrole nitrogens is 1. The summed E-state index contributed by atoms with van der Waals surface area (Å²) < 4.78 is 18.9. The molecule has 1 saturated heterocycles. The third-order valence-corrected chi connectivity index (χ3v) is 3.11. The Balaban J connectivity index is 2.51. The first-order valence-electron chi connectivity index (χ1n) is 5.46. The van der Waals surface area contributed by atoms with Gasteiger partial charge in [-0.3, -0.25) is 14.3 Å². The molecule has 1 unspecified atom stereocenters. The van der Waals surface area contributed by atoms with Crippen molar-refractivity contribution in [2.45, 2.75) is 31.0 Å². The van der Waals surface area contributed by atoms with E-state index in [-0.39, 0.29) is 0 Å². The van der Waals surface area contributed by atoms with E-state index in [2.05, 4.69) is 0 Å². The van der Waals surface area contributed by atoms with Crippen LogP contribution in [0.4, 0.5) is 4.39 Å². The molecule has 1 aromatic heterocycles. The largest absolute Gasteiger partial charge is 0.394 e. The van der Waals surface area contributed by atoms with Crippen LogP contribution >= 0.6 is 0 Å². The minimum atomic E-state index is -1.93. The summed E-state index contributed by atoms with van der Waals surface area (Å²) in [5.41, 5.74) is -4.12. The van der Waals surface area contributed by atoms with Gasteiger partial charge < -0.3 is 20.1 Å². The van der Waals surface area contributed by atoms with Crippen molar-refractivity contribution in [3.63, 3.8) is 0 Å². The molecule has 2 heterocycles. The maximum absolute atomic E-state index is 13.2. The summed E-state index contributed by atoms with van der Waals surface area (Å²) in [4.78, 5) is 24.2. The van der Waals surface area contributed by atoms with E-state index in [0.29, 0.717) is 10.8 Å². The summed E-state index contributed by atoms with van der Waals surface area (Å²) in [6.45, 7) is 0.585. The van der Waals surface area contributed by atoms with Gasteiger partial charge in [0.05, 0.1) is 12.8 Å². The van der Waals surface area contributed by atoms with E-state index in [1.54, 1.807) is 4.98 Å². The Morgan fingerprint density at radius 2 is 2.21 bits per heavy atom. The molecule has 1 aliphatic heterocycles. The SMILES string of the molecule is C[C@]1(O)C(O)[C@@H](CO)O[C@H]1n1cc(F)c(=O)[nH]c1=O. The maximum Gasteiger partial charge on any atom is 0.330 e. The number of nitrogens with one attached hydrogen (secondary N) is 1. The number of aromatic nitrogens is 2. The Kier molecular flexibility index (Phi) is 3.31. The highest BCUT2D eigenvalue weighted by Crippen LogP contribution is 2.37. The molecule has 0 radical (unpaired) electrons. The van der Waals surface area contributed by atoms with Crippen molar-refractivity contribution >= 4 is 0 Å². The average Bonchev–Trinajstić information content (AvgIpc) is 2.56. The smallest absolute Gasteiger partial charge is 0.330 e. The molecule has 0 aliphatic carbocycles. The summed E-state index contributed by atoms with van der Waals surface area (Å²) in [6, 6.07) is 0. The molecule has 9 heteroatoms. The average molecular weight is 276 g/mol. The second-order valence-electron chi connectivity index (χ2n) is 4.52. The molecule has 0 amide bonds. The number of hydrogen-bond donors (Lipinski definition) is 4. The van der Waals surface area contributed by atoms with Crippen LogP contribution in [-0.2, 0) is 4.74 Å². The number of aliphatic hydroxyl groups excluding tert-OH is 2. The molecular formula is C10H13FN2O6. The zero-order valence-electron chi connectivity index (χ0n) is 9.91. The van der Waals surface area contributed by atoms with Crippen LogP contribution in [0.1, 0.15) is 13.2 Å². The predicted molar refractivity (Wildman–Crippen MR) is 58.9 cm³/mol. The van der Waals surface area contributed by atoms with E-state index >= 15 is 0 Å². The Morgan fingerprint density at radius 3 is 2.74 bits per heavy atom. The molecular weight excluding hydrogens is 263 g/mol. The number of ether oxygens (including phenoxy) is 1. The Morgan fingerprint density at radius 1 is 1.58 bits per heavy atom. The standard InChI is InChI=1S/C10H13FN2O6/c1-10(18)6(15)5(3-14)19-8(10)13-2-4(11)7(16)12-9(13)17/h2,5-6,8,14-15,18H,3H2,1H3,(H,12,16,17)/t5-,6?,8-,10+/m1/s1. The monoisotopic (exact) mass is 276 g/mol. The fourth-order valence-electron chi connectivity index (χ4n) is 2.03. The number of aliphatic hydroxyl groups is 3. The van der Waals surface area contributed by atoms with E-state index in [9.17, 15) is 24.2 Å². The fraction of sp³-hybridized carbons (Fsp3) is 0.600. The lowest BCUT2D eigenvalue weighted by atomic mass is 9.96. The van der Waals surface area contributed by atoms with Gasteiger partial charge in [0.25, 0.3) is 5.56 Å². The summed E-state index contributed by atoms with van der Waals surface area (Å²) in [5.74, 6) is -1.24. The molecule has 8 nitrogen and oxygen atoms in total. The van der Waals surface area contributed by atoms with Crippen LogP contribution in [-0.4, -0.2) is 49.3 Å². The van der Waals surface area contributed by atoms with E-state index < -0.39 is 47.7 Å². The van der Waals surface area contributed by atoms with Gasteiger partial charge in [-0.2, -0.15) is 4.39 Å². The number of nitrogens with zero attached hydrogens (tertiary/aromatic N) is 1. The highest BCUT2D eigenvalue weighted by molar-refractivity contribution is 5.01. The molecule has 0 saturated carbocycles. The predicted octanol–water partition coefficient (Wildman–Crippen LogP) is -2.32. The Bertz CT molecular complexity index is 594. The highest BCUT2D eigenvalue weighted by atomic mass is 19.1. The van der Waals surface area contributed by atoms with E-state index in [4.69, 9.17) is 9.84 Å². The van der Waals surface area contributed by atoms with Crippen molar-refractivity contribution < 1.29 is 24.4 Å². The quantitative estimate of drug-likeness (QED) is 0.480. The summed E-state index contributed by atoms with van der Waals surface area (Å²) in [5, 5.41) is 28.8. The number of halogens is 1. The molecule has 1 fully saturated rings. The summed E-state index contributed by atoms with van der Waals surface area (Å²) in [7, 11) is 0. The lowest BCUT2D eigenvalue weighted by Gasteiger charge is -2.27. The molecule has 19 heavy (non-hydrogen) atoms. The van der Waals surface area contributed by atoms with Crippen LogP contribution in [0.25, 0.3) is 0 Å². The molecule has 4 N–H and O–H groups in total. The third-order valence-electron chi connectivity index (χ3n) is 3.11. The van der Waals surface area contributed by atoms with Crippen molar-refractivity contribution in [2.24, 2.45) is 0 Å². The van der Waals surface area contributed by atoms with E-state index in [1.165, 1.54) is 6.92 Å². The molecule has 1 aliphatic rings. The van der Waals surface area contributed by atoms with Crippen LogP contribution in [0.5, 0.6) is 0 Å². The third kappa shape index (κ3) is 2.10. The first kappa shape index (κ1) is 13.9. The van der Waals surface area contributed by atoms with Crippen LogP contribution in [0, 0.1) is 5.82 Å². The van der Waals surface area contributed by atoms with Crippen molar-refractivity contribution in [3.05, 3.63) is 32.9 Å². The van der Waals surface area contributed by atoms with Crippen molar-refractivity contribution in [1.82, 2.24) is 9.55 Å². The second-order valence-corrected chi connectivity index (χ2v) is 4.52. The zero-order valence-corrected chi connectivity index (χ0v) is 9.91. The van der Waals surface area contributed by atoms with E-state index in [0.717, 1.165) is 0 Å². The first-order valence-corrected chi connectivity index (χ1v) is 5.46.